The number of carbonyl (C=O) groups is 5. The Labute approximate surface area is 502 Å². The van der Waals surface area contributed by atoms with Crippen molar-refractivity contribution < 1.29 is 29.1 Å². The fourth-order valence-corrected chi connectivity index (χ4v) is 11.6. The Balaban J connectivity index is 0.000000241. The van der Waals surface area contributed by atoms with Gasteiger partial charge in [0.25, 0.3) is 0 Å². The maximum absolute atomic E-state index is 13.7. The Hall–Kier alpha value is -7.01. The van der Waals surface area contributed by atoms with Crippen molar-refractivity contribution in [2.45, 2.75) is 176 Å². The van der Waals surface area contributed by atoms with Crippen molar-refractivity contribution in [2.24, 2.45) is 5.41 Å². The van der Waals surface area contributed by atoms with Gasteiger partial charge in [-0.2, -0.15) is 0 Å². The number of Topliss-reactive ketones (excluding diaryl/α,β-unsaturated/α-hetero) is 1. The second-order valence-electron chi connectivity index (χ2n) is 23.8. The summed E-state index contributed by atoms with van der Waals surface area (Å²) in [7, 11) is 0. The number of β-amino-alcohol motifs (C(OH)–C–C–N with tert-alkyl or cyclic N) is 1. The van der Waals surface area contributed by atoms with Gasteiger partial charge in [0.15, 0.2) is 5.78 Å². The summed E-state index contributed by atoms with van der Waals surface area (Å²) in [5, 5.41) is 16.3. The summed E-state index contributed by atoms with van der Waals surface area (Å²) < 4.78 is 0. The van der Waals surface area contributed by atoms with Crippen molar-refractivity contribution in [1.29, 1.82) is 0 Å². The van der Waals surface area contributed by atoms with Gasteiger partial charge in [0.2, 0.25) is 23.6 Å². The molecule has 448 valence electrons. The molecule has 8 rings (SSSR count). The van der Waals surface area contributed by atoms with Gasteiger partial charge in [-0.1, -0.05) is 153 Å². The number of hydrogen-bond donors (Lipinski definition) is 3. The molecule has 0 saturated carbocycles. The monoisotopic (exact) mass is 1160 g/mol. The Morgan fingerprint density at radius 2 is 1.43 bits per heavy atom. The molecule has 0 spiro atoms. The summed E-state index contributed by atoms with van der Waals surface area (Å²) in [6.45, 7) is 18.7. The molecule has 84 heavy (non-hydrogen) atoms. The van der Waals surface area contributed by atoms with Crippen LogP contribution in [0.1, 0.15) is 168 Å². The molecule has 3 N–H and O–H groups in total. The minimum absolute atomic E-state index is 0.0695. The number of aliphatic hydroxyl groups excluding tert-OH is 1. The molecule has 2 aliphatic heterocycles. The molecule has 3 aromatic carbocycles. The number of rotatable bonds is 26. The maximum Gasteiger partial charge on any atom is 0.246 e. The van der Waals surface area contributed by atoms with Crippen molar-refractivity contribution in [3.8, 4) is 21.7 Å². The van der Waals surface area contributed by atoms with Crippen LogP contribution < -0.4 is 10.6 Å². The van der Waals surface area contributed by atoms with Crippen LogP contribution in [0.25, 0.3) is 21.7 Å². The number of aromatic nitrogens is 4. The lowest BCUT2D eigenvalue weighted by atomic mass is 9.85. The lowest BCUT2D eigenvalue weighted by Gasteiger charge is -2.35. The molecule has 0 bridgehead atoms. The van der Waals surface area contributed by atoms with Gasteiger partial charge in [-0.15, -0.1) is 11.3 Å². The summed E-state index contributed by atoms with van der Waals surface area (Å²) >= 11 is 1.59. The van der Waals surface area contributed by atoms with E-state index < -0.39 is 23.6 Å². The molecule has 4 amide bonds. The summed E-state index contributed by atoms with van der Waals surface area (Å²) in [4.78, 5) is 90.1. The number of piperazine rings is 1. The number of benzene rings is 3. The first-order chi connectivity index (χ1) is 40.5. The Kier molecular flexibility index (Phi) is 24.8. The van der Waals surface area contributed by atoms with Crippen molar-refractivity contribution in [1.82, 2.24) is 45.3 Å². The average molecular weight is 1160 g/mol. The normalized spacial score (nSPS) is 15.7. The number of pyridine rings is 1. The minimum Gasteiger partial charge on any atom is -0.391 e. The Morgan fingerprint density at radius 1 is 0.750 bits per heavy atom. The van der Waals surface area contributed by atoms with Crippen LogP contribution in [0.2, 0.25) is 0 Å². The molecule has 5 heterocycles. The fraction of sp³-hybridized carbons (Fsp3) is 0.485. The molecule has 0 unspecified atom stereocenters. The highest BCUT2D eigenvalue weighted by Crippen LogP contribution is 2.29. The SMILES string of the molecule is CCCCCC(=O)N1CCN(Cc2ccc(C(=O)Cc3ccc(C)c(Cc4nccc(-c5cccnc5)n4)c3)cc2)CC1.CCCCCCCCCC(=O)N[C@H](C(=O)N1C[C@H](O)C[C@H]1C(=O)NCc1ccc(-c2scnc2C)cc1)C(C)(C)C. The third-order valence-corrected chi connectivity index (χ3v) is 16.9. The second kappa shape index (κ2) is 32.3. The molecule has 2 fully saturated rings. The molecule has 3 aromatic heterocycles. The summed E-state index contributed by atoms with van der Waals surface area (Å²) in [6, 6.07) is 26.4. The van der Waals surface area contributed by atoms with Gasteiger partial charge in [-0.25, -0.2) is 15.0 Å². The number of unbranched alkanes of at least 4 members (excludes halogenated alkanes) is 8. The first-order valence-corrected chi connectivity index (χ1v) is 31.4. The van der Waals surface area contributed by atoms with Gasteiger partial charge in [0.1, 0.15) is 17.9 Å². The molecule has 2 saturated heterocycles. The van der Waals surface area contributed by atoms with E-state index in [2.05, 4.69) is 75.5 Å². The van der Waals surface area contributed by atoms with Crippen LogP contribution in [0.3, 0.4) is 0 Å². The molecule has 6 aromatic rings. The average Bonchev–Trinajstić information content (AvgIpc) is 4.14. The largest absolute Gasteiger partial charge is 0.391 e. The number of amides is 4. The summed E-state index contributed by atoms with van der Waals surface area (Å²) in [5.41, 5.74) is 11.2. The molecule has 16 heteroatoms. The highest BCUT2D eigenvalue weighted by atomic mass is 32.1. The van der Waals surface area contributed by atoms with Crippen LogP contribution in [0, 0.1) is 19.3 Å². The number of hydrogen-bond acceptors (Lipinski definition) is 12. The van der Waals surface area contributed by atoms with Crippen molar-refractivity contribution in [2.75, 3.05) is 32.7 Å². The Morgan fingerprint density at radius 3 is 2.11 bits per heavy atom. The van der Waals surface area contributed by atoms with E-state index in [1.807, 2.05) is 98.8 Å². The first-order valence-electron chi connectivity index (χ1n) is 30.5. The smallest absolute Gasteiger partial charge is 0.246 e. The number of nitrogens with zero attached hydrogens (tertiary/aromatic N) is 7. The lowest BCUT2D eigenvalue weighted by molar-refractivity contribution is -0.144. The first kappa shape index (κ1) is 64.5. The van der Waals surface area contributed by atoms with E-state index in [9.17, 15) is 29.1 Å². The van der Waals surface area contributed by atoms with Crippen LogP contribution >= 0.6 is 11.3 Å². The predicted octanol–water partition coefficient (Wildman–Crippen LogP) is 11.5. The number of aliphatic hydroxyl groups is 1. The minimum atomic E-state index is -0.791. The van der Waals surface area contributed by atoms with E-state index in [4.69, 9.17) is 4.98 Å². The highest BCUT2D eigenvalue weighted by Gasteiger charge is 2.44. The van der Waals surface area contributed by atoms with Crippen LogP contribution in [0.5, 0.6) is 0 Å². The van der Waals surface area contributed by atoms with Gasteiger partial charge in [0.05, 0.1) is 27.9 Å². The number of likely N-dealkylation sites (tertiary alicyclic amines) is 1. The van der Waals surface area contributed by atoms with Crippen molar-refractivity contribution in [3.05, 3.63) is 154 Å². The van der Waals surface area contributed by atoms with Crippen LogP contribution in [-0.2, 0) is 45.1 Å². The standard InChI is InChI=1S/C36H41N5O2.C32H48N4O4S/c1-3-4-5-8-36(43)41-20-18-40(19-21-41)26-28-11-13-30(14-12-28)34(42)23-29-10-9-27(2)32(22-29)24-35-38-17-15-33(39-35)31-7-6-16-37-25-31;1-6-7-8-9-10-11-12-13-27(38)35-29(32(3,4)5)31(40)36-20-25(37)18-26(36)30(39)33-19-23-14-16-24(17-15-23)28-22(2)34-21-41-28/h6-7,9-17,22,25H,3-5,8,18-21,23-24,26H2,1-2H3;14-17,21,25-26,29,37H,6-13,18-20H2,1-5H3,(H,33,39)(H,35,38)/t;25-,26+,29-/m.1/s1. The fourth-order valence-electron chi connectivity index (χ4n) is 10.8. The van der Waals surface area contributed by atoms with Crippen LogP contribution in [0.15, 0.2) is 109 Å². The summed E-state index contributed by atoms with van der Waals surface area (Å²) in [6.07, 6.45) is 17.7. The maximum atomic E-state index is 13.7. The summed E-state index contributed by atoms with van der Waals surface area (Å²) in [5.74, 6) is 0.352. The van der Waals surface area contributed by atoms with Crippen LogP contribution in [-0.4, -0.2) is 120 Å². The topological polar surface area (TPSA) is 191 Å². The zero-order valence-electron chi connectivity index (χ0n) is 50.7. The molecule has 0 radical (unpaired) electrons. The quantitative estimate of drug-likeness (QED) is 0.0346. The third-order valence-electron chi connectivity index (χ3n) is 15.9. The van der Waals surface area contributed by atoms with E-state index in [1.54, 1.807) is 29.9 Å². The Bertz CT molecular complexity index is 3060. The number of carbonyl (C=O) groups excluding carboxylic acids is 5. The number of ketones is 1. The van der Waals surface area contributed by atoms with E-state index in [0.29, 0.717) is 38.1 Å². The number of nitrogens with one attached hydrogen (secondary N) is 2. The molecule has 2 aliphatic rings. The van der Waals surface area contributed by atoms with E-state index in [0.717, 1.165) is 132 Å². The van der Waals surface area contributed by atoms with E-state index in [-0.39, 0.29) is 36.5 Å². The zero-order chi connectivity index (χ0) is 60.0. The highest BCUT2D eigenvalue weighted by molar-refractivity contribution is 7.13. The zero-order valence-corrected chi connectivity index (χ0v) is 51.5. The number of aryl methyl sites for hydroxylation is 2. The second-order valence-corrected chi connectivity index (χ2v) is 24.6. The molecular weight excluding hydrogens is 1070 g/mol. The van der Waals surface area contributed by atoms with Gasteiger partial charge < -0.3 is 25.5 Å². The van der Waals surface area contributed by atoms with Crippen molar-refractivity contribution in [3.63, 3.8) is 0 Å². The van der Waals surface area contributed by atoms with Gasteiger partial charge >= 0.3 is 0 Å². The van der Waals surface area contributed by atoms with Gasteiger partial charge in [0, 0.05) is 108 Å². The molecular formula is C68H89N9O6S. The molecule has 0 aliphatic carbocycles. The van der Waals surface area contributed by atoms with Crippen LogP contribution in [0.4, 0.5) is 0 Å². The predicted molar refractivity (Wildman–Crippen MR) is 334 cm³/mol. The van der Waals surface area contributed by atoms with Crippen molar-refractivity contribution >= 4 is 40.7 Å². The molecule has 15 nitrogen and oxygen atoms in total. The van der Waals surface area contributed by atoms with Gasteiger partial charge in [-0.3, -0.25) is 33.9 Å². The lowest BCUT2D eigenvalue weighted by Crippen LogP contribution is -2.57. The third kappa shape index (κ3) is 19.5. The number of thiazole rings is 1. The van der Waals surface area contributed by atoms with E-state index in [1.165, 1.54) is 36.1 Å². The van der Waals surface area contributed by atoms with Gasteiger partial charge in [-0.05, 0) is 83.7 Å². The molecule has 3 atom stereocenters. The van der Waals surface area contributed by atoms with E-state index >= 15 is 0 Å².